The van der Waals surface area contributed by atoms with Gasteiger partial charge in [0.15, 0.2) is 0 Å². The molecular weight excluding hydrogens is 304 g/mol. The fourth-order valence-electron chi connectivity index (χ4n) is 3.52. The number of hydrogen-bond donors (Lipinski definition) is 2. The van der Waals surface area contributed by atoms with Crippen LogP contribution in [0.2, 0.25) is 0 Å². The van der Waals surface area contributed by atoms with Crippen molar-refractivity contribution in [1.29, 1.82) is 0 Å². The first kappa shape index (κ1) is 15.3. The van der Waals surface area contributed by atoms with E-state index in [-0.39, 0.29) is 5.92 Å². The zero-order chi connectivity index (χ0) is 16.4. The Balaban J connectivity index is 1.54. The third kappa shape index (κ3) is 3.06. The van der Waals surface area contributed by atoms with Crippen LogP contribution in [0.4, 0.5) is 0 Å². The maximum absolute atomic E-state index is 10.6. The number of aliphatic hydroxyl groups is 1. The van der Waals surface area contributed by atoms with E-state index in [9.17, 15) is 5.11 Å². The van der Waals surface area contributed by atoms with E-state index in [0.29, 0.717) is 17.4 Å². The van der Waals surface area contributed by atoms with Crippen molar-refractivity contribution in [2.75, 3.05) is 0 Å². The molecule has 1 atom stereocenters. The van der Waals surface area contributed by atoms with Gasteiger partial charge in [0.25, 0.3) is 5.89 Å². The first-order chi connectivity index (χ1) is 11.8. The van der Waals surface area contributed by atoms with Gasteiger partial charge in [-0.15, -0.1) is 0 Å². The van der Waals surface area contributed by atoms with Gasteiger partial charge in [0.2, 0.25) is 5.82 Å². The predicted molar refractivity (Wildman–Crippen MR) is 90.2 cm³/mol. The number of fused-ring (bicyclic) bond motifs is 1. The van der Waals surface area contributed by atoms with Crippen LogP contribution in [0.1, 0.15) is 56.9 Å². The molecular formula is C18H22N4O2. The van der Waals surface area contributed by atoms with Crippen LogP contribution >= 0.6 is 0 Å². The van der Waals surface area contributed by atoms with Gasteiger partial charge in [-0.1, -0.05) is 37.3 Å². The van der Waals surface area contributed by atoms with Crippen LogP contribution < -0.4 is 0 Å². The smallest absolute Gasteiger partial charge is 0.256 e. The summed E-state index contributed by atoms with van der Waals surface area (Å²) in [5.41, 5.74) is 1.43. The van der Waals surface area contributed by atoms with E-state index in [1.807, 2.05) is 24.4 Å². The van der Waals surface area contributed by atoms with Gasteiger partial charge >= 0.3 is 0 Å². The third-order valence-corrected chi connectivity index (χ3v) is 4.93. The number of rotatable bonds is 3. The van der Waals surface area contributed by atoms with Crippen molar-refractivity contribution in [3.8, 4) is 11.5 Å². The molecule has 1 saturated carbocycles. The number of aromatic amines is 1. The fourth-order valence-corrected chi connectivity index (χ4v) is 3.52. The Morgan fingerprint density at radius 3 is 2.67 bits per heavy atom. The van der Waals surface area contributed by atoms with Crippen LogP contribution in [-0.4, -0.2) is 25.2 Å². The number of H-pyrrole nitrogens is 1. The van der Waals surface area contributed by atoms with Crippen molar-refractivity contribution in [3.05, 3.63) is 30.3 Å². The van der Waals surface area contributed by atoms with E-state index in [1.165, 1.54) is 19.3 Å². The molecule has 0 radical (unpaired) electrons. The van der Waals surface area contributed by atoms with Crippen molar-refractivity contribution in [3.63, 3.8) is 0 Å². The average molecular weight is 326 g/mol. The van der Waals surface area contributed by atoms with E-state index in [0.717, 1.165) is 36.7 Å². The number of hydrogen-bond acceptors (Lipinski definition) is 5. The van der Waals surface area contributed by atoms with E-state index in [2.05, 4.69) is 20.1 Å². The molecule has 3 aromatic heterocycles. The summed E-state index contributed by atoms with van der Waals surface area (Å²) in [5.74, 6) is 0.938. The second-order valence-electron chi connectivity index (χ2n) is 6.62. The van der Waals surface area contributed by atoms with Gasteiger partial charge in [0, 0.05) is 11.6 Å². The molecule has 3 aromatic rings. The molecule has 0 aromatic carbocycles. The van der Waals surface area contributed by atoms with Gasteiger partial charge in [0.05, 0.1) is 0 Å². The molecule has 126 valence electrons. The van der Waals surface area contributed by atoms with Crippen molar-refractivity contribution < 1.29 is 9.63 Å². The van der Waals surface area contributed by atoms with Crippen molar-refractivity contribution in [1.82, 2.24) is 20.1 Å². The van der Waals surface area contributed by atoms with E-state index in [4.69, 9.17) is 4.52 Å². The average Bonchev–Trinajstić information content (AvgIpc) is 3.22. The highest BCUT2D eigenvalue weighted by atomic mass is 16.5. The lowest BCUT2D eigenvalue weighted by molar-refractivity contribution is 0.0605. The van der Waals surface area contributed by atoms with Gasteiger partial charge in [-0.2, -0.15) is 4.98 Å². The van der Waals surface area contributed by atoms with Crippen molar-refractivity contribution in [2.24, 2.45) is 5.92 Å². The lowest BCUT2D eigenvalue weighted by Crippen LogP contribution is -2.14. The molecule has 1 unspecified atom stereocenters. The Morgan fingerprint density at radius 2 is 1.83 bits per heavy atom. The Hall–Kier alpha value is -2.21. The SMILES string of the molecule is OC(c1nc(-c2ccc3cc[nH]c3n2)no1)C1CCCCCCC1. The van der Waals surface area contributed by atoms with Crippen LogP contribution in [0.25, 0.3) is 22.6 Å². The van der Waals surface area contributed by atoms with Gasteiger partial charge in [-0.3, -0.25) is 0 Å². The summed E-state index contributed by atoms with van der Waals surface area (Å²) in [5, 5.41) is 15.7. The minimum absolute atomic E-state index is 0.206. The number of aromatic nitrogens is 4. The first-order valence-electron chi connectivity index (χ1n) is 8.77. The number of pyridine rings is 1. The minimum Gasteiger partial charge on any atom is -0.383 e. The molecule has 6 heteroatoms. The highest BCUT2D eigenvalue weighted by molar-refractivity contribution is 5.77. The summed E-state index contributed by atoms with van der Waals surface area (Å²) in [4.78, 5) is 12.0. The third-order valence-electron chi connectivity index (χ3n) is 4.93. The number of aliphatic hydroxyl groups excluding tert-OH is 1. The van der Waals surface area contributed by atoms with Crippen molar-refractivity contribution in [2.45, 2.75) is 51.0 Å². The molecule has 0 aliphatic heterocycles. The summed E-state index contributed by atoms with van der Waals surface area (Å²) in [6.07, 6.45) is 9.33. The molecule has 0 amide bonds. The summed E-state index contributed by atoms with van der Waals surface area (Å²) in [7, 11) is 0. The molecule has 1 fully saturated rings. The Morgan fingerprint density at radius 1 is 1.04 bits per heavy atom. The largest absolute Gasteiger partial charge is 0.383 e. The Kier molecular flexibility index (Phi) is 4.30. The highest BCUT2D eigenvalue weighted by Crippen LogP contribution is 2.32. The predicted octanol–water partition coefficient (Wildman–Crippen LogP) is 4.01. The summed E-state index contributed by atoms with van der Waals surface area (Å²) in [6, 6.07) is 5.80. The maximum Gasteiger partial charge on any atom is 0.256 e. The number of nitrogens with one attached hydrogen (secondary N) is 1. The summed E-state index contributed by atoms with van der Waals surface area (Å²) < 4.78 is 5.34. The van der Waals surface area contributed by atoms with Gasteiger partial charge < -0.3 is 14.6 Å². The number of nitrogens with zero attached hydrogens (tertiary/aromatic N) is 3. The van der Waals surface area contributed by atoms with Crippen LogP contribution in [0.5, 0.6) is 0 Å². The fraction of sp³-hybridized carbons (Fsp3) is 0.500. The van der Waals surface area contributed by atoms with Crippen LogP contribution in [0.15, 0.2) is 28.9 Å². The van der Waals surface area contributed by atoms with Gasteiger partial charge in [0.1, 0.15) is 17.4 Å². The zero-order valence-corrected chi connectivity index (χ0v) is 13.6. The van der Waals surface area contributed by atoms with Crippen molar-refractivity contribution >= 4 is 11.0 Å². The molecule has 2 N–H and O–H groups in total. The molecule has 24 heavy (non-hydrogen) atoms. The molecule has 0 bridgehead atoms. The Labute approximate surface area is 140 Å². The molecule has 0 spiro atoms. The normalized spacial score (nSPS) is 18.4. The molecule has 6 nitrogen and oxygen atoms in total. The van der Waals surface area contributed by atoms with Gasteiger partial charge in [-0.25, -0.2) is 4.98 Å². The topological polar surface area (TPSA) is 87.8 Å². The van der Waals surface area contributed by atoms with Crippen LogP contribution in [-0.2, 0) is 0 Å². The van der Waals surface area contributed by atoms with Crippen LogP contribution in [0.3, 0.4) is 0 Å². The monoisotopic (exact) mass is 326 g/mol. The summed E-state index contributed by atoms with van der Waals surface area (Å²) >= 11 is 0. The lowest BCUT2D eigenvalue weighted by atomic mass is 9.87. The van der Waals surface area contributed by atoms with E-state index < -0.39 is 6.10 Å². The molecule has 1 aliphatic rings. The van der Waals surface area contributed by atoms with Crippen LogP contribution in [0, 0.1) is 5.92 Å². The maximum atomic E-state index is 10.6. The zero-order valence-electron chi connectivity index (χ0n) is 13.6. The molecule has 3 heterocycles. The highest BCUT2D eigenvalue weighted by Gasteiger charge is 2.27. The van der Waals surface area contributed by atoms with Gasteiger partial charge in [-0.05, 0) is 37.0 Å². The van der Waals surface area contributed by atoms with E-state index in [1.54, 1.807) is 0 Å². The molecule has 4 rings (SSSR count). The quantitative estimate of drug-likeness (QED) is 0.759. The minimum atomic E-state index is -0.682. The molecule has 1 aliphatic carbocycles. The first-order valence-corrected chi connectivity index (χ1v) is 8.77. The summed E-state index contributed by atoms with van der Waals surface area (Å²) in [6.45, 7) is 0. The lowest BCUT2D eigenvalue weighted by Gasteiger charge is -2.22. The van der Waals surface area contributed by atoms with E-state index >= 15 is 0 Å². The molecule has 0 saturated heterocycles. The Bertz CT molecular complexity index is 802. The second-order valence-corrected chi connectivity index (χ2v) is 6.62. The second kappa shape index (κ2) is 6.73. The standard InChI is InChI=1S/C18H22N4O2/c23-15(12-6-4-2-1-3-5-7-12)18-21-17(22-24-18)14-9-8-13-10-11-19-16(13)20-14/h8-12,15,23H,1-7H2,(H,19,20).